The standard InChI is InChI=1S/C16H20ClF/c1-9-7-11(8-10(2)16(9)18)15(17)14-12-5-3-4-6-13(12)14/h7-8,12-15H,3-6H2,1-2H3. The molecular weight excluding hydrogens is 247 g/mol. The van der Waals surface area contributed by atoms with Crippen molar-refractivity contribution in [3.05, 3.63) is 34.6 Å². The van der Waals surface area contributed by atoms with Gasteiger partial charge in [0.05, 0.1) is 5.38 Å². The summed E-state index contributed by atoms with van der Waals surface area (Å²) in [6.07, 6.45) is 5.42. The molecule has 98 valence electrons. The first-order valence-electron chi connectivity index (χ1n) is 7.00. The molecule has 0 heterocycles. The van der Waals surface area contributed by atoms with Crippen LogP contribution in [0.4, 0.5) is 4.39 Å². The molecule has 0 bridgehead atoms. The molecule has 0 nitrogen and oxygen atoms in total. The largest absolute Gasteiger partial charge is 0.206 e. The molecule has 1 aromatic carbocycles. The van der Waals surface area contributed by atoms with Crippen LogP contribution in [0.2, 0.25) is 0 Å². The van der Waals surface area contributed by atoms with E-state index in [1.165, 1.54) is 25.7 Å². The Balaban J connectivity index is 1.83. The maximum atomic E-state index is 13.6. The maximum Gasteiger partial charge on any atom is 0.129 e. The van der Waals surface area contributed by atoms with Crippen LogP contribution in [-0.2, 0) is 0 Å². The van der Waals surface area contributed by atoms with Crippen LogP contribution in [0.5, 0.6) is 0 Å². The molecule has 2 heteroatoms. The van der Waals surface area contributed by atoms with Crippen LogP contribution in [0.25, 0.3) is 0 Å². The highest BCUT2D eigenvalue weighted by atomic mass is 35.5. The first-order chi connectivity index (χ1) is 8.59. The third-order valence-corrected chi connectivity index (χ3v) is 5.38. The van der Waals surface area contributed by atoms with Crippen molar-refractivity contribution < 1.29 is 4.39 Å². The molecule has 0 N–H and O–H groups in total. The van der Waals surface area contributed by atoms with Gasteiger partial charge in [-0.05, 0) is 61.1 Å². The van der Waals surface area contributed by atoms with Crippen molar-refractivity contribution in [1.29, 1.82) is 0 Å². The summed E-state index contributed by atoms with van der Waals surface area (Å²) in [6, 6.07) is 3.87. The fraction of sp³-hybridized carbons (Fsp3) is 0.625. The molecule has 0 saturated heterocycles. The van der Waals surface area contributed by atoms with Gasteiger partial charge in [0.2, 0.25) is 0 Å². The molecule has 3 unspecified atom stereocenters. The lowest BCUT2D eigenvalue weighted by molar-refractivity contribution is 0.480. The summed E-state index contributed by atoms with van der Waals surface area (Å²) in [6.45, 7) is 3.66. The molecule has 1 aromatic rings. The minimum Gasteiger partial charge on any atom is -0.206 e. The Kier molecular flexibility index (Phi) is 3.13. The Labute approximate surface area is 114 Å². The van der Waals surface area contributed by atoms with E-state index in [0.717, 1.165) is 28.5 Å². The molecule has 0 aliphatic heterocycles. The zero-order chi connectivity index (χ0) is 12.9. The number of fused-ring (bicyclic) bond motifs is 1. The smallest absolute Gasteiger partial charge is 0.129 e. The van der Waals surface area contributed by atoms with E-state index >= 15 is 0 Å². The minimum atomic E-state index is -0.0872. The van der Waals surface area contributed by atoms with E-state index in [2.05, 4.69) is 0 Å². The van der Waals surface area contributed by atoms with E-state index in [1.807, 2.05) is 26.0 Å². The highest BCUT2D eigenvalue weighted by molar-refractivity contribution is 6.21. The average Bonchev–Trinajstić information content (AvgIpc) is 3.08. The quantitative estimate of drug-likeness (QED) is 0.649. The third kappa shape index (κ3) is 1.97. The normalized spacial score (nSPS) is 31.9. The summed E-state index contributed by atoms with van der Waals surface area (Å²) >= 11 is 6.65. The van der Waals surface area contributed by atoms with Crippen molar-refractivity contribution >= 4 is 11.6 Å². The SMILES string of the molecule is Cc1cc(C(Cl)C2C3CCCCC32)cc(C)c1F. The molecule has 2 fully saturated rings. The number of hydrogen-bond donors (Lipinski definition) is 0. The van der Waals surface area contributed by atoms with Crippen LogP contribution < -0.4 is 0 Å². The topological polar surface area (TPSA) is 0 Å². The van der Waals surface area contributed by atoms with Crippen molar-refractivity contribution in [1.82, 2.24) is 0 Å². The van der Waals surface area contributed by atoms with E-state index in [1.54, 1.807) is 0 Å². The fourth-order valence-corrected chi connectivity index (χ4v) is 4.34. The number of alkyl halides is 1. The Hall–Kier alpha value is -0.560. The van der Waals surface area contributed by atoms with Gasteiger partial charge in [-0.25, -0.2) is 4.39 Å². The second kappa shape index (κ2) is 4.52. The highest BCUT2D eigenvalue weighted by Gasteiger charge is 2.53. The van der Waals surface area contributed by atoms with Crippen molar-refractivity contribution in [2.24, 2.45) is 17.8 Å². The number of aryl methyl sites for hydroxylation is 2. The van der Waals surface area contributed by atoms with Gasteiger partial charge in [-0.3, -0.25) is 0 Å². The second-order valence-corrected chi connectivity index (χ2v) is 6.53. The lowest BCUT2D eigenvalue weighted by Gasteiger charge is -2.12. The summed E-state index contributed by atoms with van der Waals surface area (Å²) in [5.41, 5.74) is 2.56. The molecule has 2 aliphatic carbocycles. The molecule has 2 saturated carbocycles. The Morgan fingerprint density at radius 1 is 1.11 bits per heavy atom. The molecule has 3 atom stereocenters. The van der Waals surface area contributed by atoms with Crippen LogP contribution in [-0.4, -0.2) is 0 Å². The van der Waals surface area contributed by atoms with Gasteiger partial charge in [-0.2, -0.15) is 0 Å². The van der Waals surface area contributed by atoms with Crippen LogP contribution in [0.3, 0.4) is 0 Å². The van der Waals surface area contributed by atoms with Crippen LogP contribution in [0.1, 0.15) is 47.8 Å². The van der Waals surface area contributed by atoms with E-state index in [9.17, 15) is 4.39 Å². The Morgan fingerprint density at radius 2 is 1.61 bits per heavy atom. The van der Waals surface area contributed by atoms with Crippen LogP contribution >= 0.6 is 11.6 Å². The van der Waals surface area contributed by atoms with Crippen molar-refractivity contribution in [3.63, 3.8) is 0 Å². The lowest BCUT2D eigenvalue weighted by Crippen LogP contribution is -1.99. The fourth-order valence-electron chi connectivity index (χ4n) is 3.84. The second-order valence-electron chi connectivity index (χ2n) is 6.06. The van der Waals surface area contributed by atoms with Crippen molar-refractivity contribution in [2.45, 2.75) is 44.9 Å². The minimum absolute atomic E-state index is 0.0797. The first kappa shape index (κ1) is 12.5. The molecular formula is C16H20ClF. The number of benzene rings is 1. The molecule has 18 heavy (non-hydrogen) atoms. The monoisotopic (exact) mass is 266 g/mol. The summed E-state index contributed by atoms with van der Waals surface area (Å²) < 4.78 is 13.6. The number of hydrogen-bond acceptors (Lipinski definition) is 0. The Bertz CT molecular complexity index is 433. The van der Waals surface area contributed by atoms with Gasteiger partial charge in [0, 0.05) is 0 Å². The van der Waals surface area contributed by atoms with Crippen molar-refractivity contribution in [2.75, 3.05) is 0 Å². The third-order valence-electron chi connectivity index (χ3n) is 4.84. The van der Waals surface area contributed by atoms with Gasteiger partial charge in [0.15, 0.2) is 0 Å². The van der Waals surface area contributed by atoms with Gasteiger partial charge in [-0.15, -0.1) is 11.6 Å². The first-order valence-corrected chi connectivity index (χ1v) is 7.44. The zero-order valence-electron chi connectivity index (χ0n) is 11.0. The molecule has 0 radical (unpaired) electrons. The zero-order valence-corrected chi connectivity index (χ0v) is 11.8. The average molecular weight is 267 g/mol. The van der Waals surface area contributed by atoms with Gasteiger partial charge < -0.3 is 0 Å². The summed E-state index contributed by atoms with van der Waals surface area (Å²) in [5, 5.41) is 0.0797. The maximum absolute atomic E-state index is 13.6. The molecule has 2 aliphatic rings. The highest BCUT2D eigenvalue weighted by Crippen LogP contribution is 2.62. The summed E-state index contributed by atoms with van der Waals surface area (Å²) in [7, 11) is 0. The summed E-state index contributed by atoms with van der Waals surface area (Å²) in [5.74, 6) is 2.23. The van der Waals surface area contributed by atoms with E-state index < -0.39 is 0 Å². The van der Waals surface area contributed by atoms with Crippen LogP contribution in [0.15, 0.2) is 12.1 Å². The van der Waals surface area contributed by atoms with Gasteiger partial charge in [0.1, 0.15) is 5.82 Å². The van der Waals surface area contributed by atoms with Gasteiger partial charge in [0.25, 0.3) is 0 Å². The predicted octanol–water partition coefficient (Wildman–Crippen LogP) is 5.16. The van der Waals surface area contributed by atoms with Crippen molar-refractivity contribution in [3.8, 4) is 0 Å². The van der Waals surface area contributed by atoms with Crippen LogP contribution in [0, 0.1) is 37.4 Å². The van der Waals surface area contributed by atoms with Gasteiger partial charge in [-0.1, -0.05) is 25.0 Å². The Morgan fingerprint density at radius 3 is 2.11 bits per heavy atom. The lowest BCUT2D eigenvalue weighted by atomic mass is 10.0. The predicted molar refractivity (Wildman–Crippen MR) is 73.4 cm³/mol. The molecule has 0 amide bonds. The number of rotatable bonds is 2. The van der Waals surface area contributed by atoms with E-state index in [-0.39, 0.29) is 11.2 Å². The molecule has 0 aromatic heterocycles. The van der Waals surface area contributed by atoms with E-state index in [0.29, 0.717) is 5.92 Å². The van der Waals surface area contributed by atoms with E-state index in [4.69, 9.17) is 11.6 Å². The van der Waals surface area contributed by atoms with Gasteiger partial charge >= 0.3 is 0 Å². The molecule has 3 rings (SSSR count). The summed E-state index contributed by atoms with van der Waals surface area (Å²) in [4.78, 5) is 0. The number of halogens is 2. The molecule has 0 spiro atoms.